The highest BCUT2D eigenvalue weighted by Gasteiger charge is 2.15. The van der Waals surface area contributed by atoms with Crippen LogP contribution in [0.5, 0.6) is 0 Å². The molecule has 0 aromatic heterocycles. The number of unbranched alkanes of at least 4 members (excludes halogenated alkanes) is 3. The molecule has 0 radical (unpaired) electrons. The van der Waals surface area contributed by atoms with Crippen LogP contribution in [0, 0.1) is 0 Å². The Labute approximate surface area is 136 Å². The number of carboxylic acid groups (broad SMARTS) is 1. The van der Waals surface area contributed by atoms with Crippen LogP contribution in [0.3, 0.4) is 0 Å². The Morgan fingerprint density at radius 1 is 0.870 bits per heavy atom. The Hall–Kier alpha value is -2.12. The predicted molar refractivity (Wildman–Crippen MR) is 82.6 cm³/mol. The molecule has 0 heterocycles. The first kappa shape index (κ1) is 20.9. The van der Waals surface area contributed by atoms with Gasteiger partial charge in [-0.3, -0.25) is 14.4 Å². The van der Waals surface area contributed by atoms with Crippen LogP contribution in [-0.4, -0.2) is 48.1 Å². The molecule has 132 valence electrons. The molecule has 0 rings (SSSR count). The summed E-state index contributed by atoms with van der Waals surface area (Å²) >= 11 is 0. The summed E-state index contributed by atoms with van der Waals surface area (Å²) in [5.74, 6) is -2.05. The molecule has 0 aliphatic rings. The molecule has 23 heavy (non-hydrogen) atoms. The molecular formula is C15H26N2O6. The van der Waals surface area contributed by atoms with E-state index in [2.05, 4.69) is 15.4 Å². The Balaban J connectivity index is 3.66. The highest BCUT2D eigenvalue weighted by molar-refractivity contribution is 5.84. The zero-order valence-electron chi connectivity index (χ0n) is 13.9. The summed E-state index contributed by atoms with van der Waals surface area (Å²) < 4.78 is 4.51. The van der Waals surface area contributed by atoms with Crippen molar-refractivity contribution in [3.63, 3.8) is 0 Å². The molecule has 0 saturated heterocycles. The molecule has 2 atom stereocenters. The van der Waals surface area contributed by atoms with Crippen molar-refractivity contribution in [3.05, 3.63) is 0 Å². The standard InChI is InChI=1S/C15H26N2O6/c1-10(14(20)21)16-12(18)8-6-4-5-7-9-13(19)17-11(2)15(22)23-3/h10-11H,4-9H2,1-3H3,(H,16,18)(H,17,19)(H,20,21). The number of carbonyl (C=O) groups excluding carboxylic acids is 3. The molecule has 0 saturated carbocycles. The molecule has 2 unspecified atom stereocenters. The number of nitrogens with one attached hydrogen (secondary N) is 2. The van der Waals surface area contributed by atoms with Crippen molar-refractivity contribution < 1.29 is 29.0 Å². The summed E-state index contributed by atoms with van der Waals surface area (Å²) in [7, 11) is 1.26. The van der Waals surface area contributed by atoms with Crippen molar-refractivity contribution in [2.45, 2.75) is 64.5 Å². The van der Waals surface area contributed by atoms with Crippen molar-refractivity contribution in [2.24, 2.45) is 0 Å². The van der Waals surface area contributed by atoms with Crippen molar-refractivity contribution in [1.82, 2.24) is 10.6 Å². The third kappa shape index (κ3) is 10.3. The van der Waals surface area contributed by atoms with Gasteiger partial charge in [-0.05, 0) is 26.7 Å². The van der Waals surface area contributed by atoms with Crippen molar-refractivity contribution in [2.75, 3.05) is 7.11 Å². The van der Waals surface area contributed by atoms with Gasteiger partial charge >= 0.3 is 11.9 Å². The zero-order valence-corrected chi connectivity index (χ0v) is 13.9. The molecule has 0 fully saturated rings. The van der Waals surface area contributed by atoms with Crippen LogP contribution in [0.4, 0.5) is 0 Å². The van der Waals surface area contributed by atoms with Gasteiger partial charge < -0.3 is 20.5 Å². The predicted octanol–water partition coefficient (Wildman–Crippen LogP) is 0.594. The lowest BCUT2D eigenvalue weighted by Gasteiger charge is -2.11. The zero-order chi connectivity index (χ0) is 17.8. The molecular weight excluding hydrogens is 304 g/mol. The van der Waals surface area contributed by atoms with Crippen LogP contribution >= 0.6 is 0 Å². The smallest absolute Gasteiger partial charge is 0.328 e. The number of carbonyl (C=O) groups is 4. The van der Waals surface area contributed by atoms with E-state index in [1.807, 2.05) is 0 Å². The number of rotatable bonds is 11. The average molecular weight is 330 g/mol. The summed E-state index contributed by atoms with van der Waals surface area (Å²) in [6.45, 7) is 2.97. The first-order valence-electron chi connectivity index (χ1n) is 7.67. The maximum Gasteiger partial charge on any atom is 0.328 e. The van der Waals surface area contributed by atoms with E-state index in [0.29, 0.717) is 19.3 Å². The van der Waals surface area contributed by atoms with Crippen LogP contribution in [0.15, 0.2) is 0 Å². The third-order valence-corrected chi connectivity index (χ3v) is 3.24. The van der Waals surface area contributed by atoms with E-state index in [0.717, 1.165) is 12.8 Å². The minimum atomic E-state index is -1.06. The Morgan fingerprint density at radius 2 is 1.30 bits per heavy atom. The lowest BCUT2D eigenvalue weighted by atomic mass is 10.1. The number of carboxylic acids is 1. The summed E-state index contributed by atoms with van der Waals surface area (Å²) in [5, 5.41) is 13.6. The van der Waals surface area contributed by atoms with E-state index in [-0.39, 0.29) is 18.2 Å². The van der Waals surface area contributed by atoms with Gasteiger partial charge in [0.2, 0.25) is 11.8 Å². The topological polar surface area (TPSA) is 122 Å². The van der Waals surface area contributed by atoms with Crippen LogP contribution in [-0.2, 0) is 23.9 Å². The van der Waals surface area contributed by atoms with E-state index in [9.17, 15) is 19.2 Å². The van der Waals surface area contributed by atoms with Gasteiger partial charge in [0.15, 0.2) is 0 Å². The van der Waals surface area contributed by atoms with Gasteiger partial charge in [0.25, 0.3) is 0 Å². The largest absolute Gasteiger partial charge is 0.480 e. The molecule has 2 amide bonds. The molecule has 0 aromatic carbocycles. The maximum absolute atomic E-state index is 11.6. The van der Waals surface area contributed by atoms with Gasteiger partial charge in [0.05, 0.1) is 7.11 Å². The van der Waals surface area contributed by atoms with Crippen molar-refractivity contribution >= 4 is 23.8 Å². The number of amides is 2. The van der Waals surface area contributed by atoms with E-state index in [1.165, 1.54) is 14.0 Å². The monoisotopic (exact) mass is 330 g/mol. The van der Waals surface area contributed by atoms with Crippen molar-refractivity contribution in [1.29, 1.82) is 0 Å². The number of methoxy groups -OCH3 is 1. The fourth-order valence-corrected chi connectivity index (χ4v) is 1.85. The maximum atomic E-state index is 11.6. The van der Waals surface area contributed by atoms with Gasteiger partial charge in [0, 0.05) is 12.8 Å². The van der Waals surface area contributed by atoms with Gasteiger partial charge in [-0.25, -0.2) is 4.79 Å². The van der Waals surface area contributed by atoms with E-state index >= 15 is 0 Å². The molecule has 0 aliphatic heterocycles. The number of hydrogen-bond donors (Lipinski definition) is 3. The van der Waals surface area contributed by atoms with Crippen LogP contribution in [0.1, 0.15) is 52.4 Å². The van der Waals surface area contributed by atoms with Gasteiger partial charge in [-0.1, -0.05) is 12.8 Å². The summed E-state index contributed by atoms with van der Waals surface area (Å²) in [6, 6.07) is -1.55. The number of hydrogen-bond acceptors (Lipinski definition) is 5. The minimum Gasteiger partial charge on any atom is -0.480 e. The average Bonchev–Trinajstić information content (AvgIpc) is 2.49. The van der Waals surface area contributed by atoms with Crippen molar-refractivity contribution in [3.8, 4) is 0 Å². The normalized spacial score (nSPS) is 12.8. The van der Waals surface area contributed by atoms with Gasteiger partial charge in [0.1, 0.15) is 12.1 Å². The fourth-order valence-electron chi connectivity index (χ4n) is 1.85. The molecule has 8 heteroatoms. The Kier molecular flexibility index (Phi) is 10.4. The fraction of sp³-hybridized carbons (Fsp3) is 0.733. The number of aliphatic carboxylic acids is 1. The minimum absolute atomic E-state index is 0.212. The molecule has 0 spiro atoms. The highest BCUT2D eigenvalue weighted by atomic mass is 16.5. The second-order valence-corrected chi connectivity index (χ2v) is 5.35. The molecule has 3 N–H and O–H groups in total. The third-order valence-electron chi connectivity index (χ3n) is 3.24. The van der Waals surface area contributed by atoms with E-state index < -0.39 is 24.0 Å². The summed E-state index contributed by atoms with van der Waals surface area (Å²) in [4.78, 5) is 44.7. The quantitative estimate of drug-likeness (QED) is 0.376. The summed E-state index contributed by atoms with van der Waals surface area (Å²) in [6.07, 6.45) is 3.43. The Morgan fingerprint density at radius 3 is 1.70 bits per heavy atom. The molecule has 0 bridgehead atoms. The number of esters is 1. The SMILES string of the molecule is COC(=O)C(C)NC(=O)CCCCCCC(=O)NC(C)C(=O)O. The van der Waals surface area contributed by atoms with Crippen LogP contribution in [0.25, 0.3) is 0 Å². The Bertz CT molecular complexity index is 424. The highest BCUT2D eigenvalue weighted by Crippen LogP contribution is 2.06. The van der Waals surface area contributed by atoms with Crippen LogP contribution in [0.2, 0.25) is 0 Å². The second kappa shape index (κ2) is 11.4. The lowest BCUT2D eigenvalue weighted by molar-refractivity contribution is -0.144. The molecule has 0 aliphatic carbocycles. The van der Waals surface area contributed by atoms with Gasteiger partial charge in [-0.2, -0.15) is 0 Å². The van der Waals surface area contributed by atoms with E-state index in [4.69, 9.17) is 5.11 Å². The molecule has 0 aromatic rings. The lowest BCUT2D eigenvalue weighted by Crippen LogP contribution is -2.39. The first-order chi connectivity index (χ1) is 10.8. The number of ether oxygens (including phenoxy) is 1. The summed E-state index contributed by atoms with van der Waals surface area (Å²) in [5.41, 5.74) is 0. The molecule has 8 nitrogen and oxygen atoms in total. The van der Waals surface area contributed by atoms with E-state index in [1.54, 1.807) is 6.92 Å². The van der Waals surface area contributed by atoms with Gasteiger partial charge in [-0.15, -0.1) is 0 Å². The second-order valence-electron chi connectivity index (χ2n) is 5.35. The van der Waals surface area contributed by atoms with Crippen LogP contribution < -0.4 is 10.6 Å². The first-order valence-corrected chi connectivity index (χ1v) is 7.67.